The predicted molar refractivity (Wildman–Crippen MR) is 108 cm³/mol. The summed E-state index contributed by atoms with van der Waals surface area (Å²) >= 11 is 5.82. The van der Waals surface area contributed by atoms with Gasteiger partial charge < -0.3 is 19.7 Å². The Kier molecular flexibility index (Phi) is 5.40. The number of methoxy groups -OCH3 is 1. The molecule has 2 N–H and O–H groups in total. The van der Waals surface area contributed by atoms with Gasteiger partial charge in [-0.15, -0.1) is 0 Å². The van der Waals surface area contributed by atoms with Crippen molar-refractivity contribution in [2.45, 2.75) is 37.2 Å². The van der Waals surface area contributed by atoms with Gasteiger partial charge in [0.15, 0.2) is 0 Å². The molecule has 6 nitrogen and oxygen atoms in total. The predicted octanol–water partition coefficient (Wildman–Crippen LogP) is 3.75. The second kappa shape index (κ2) is 7.70. The number of imidazole rings is 1. The Hall–Kier alpha value is -1.96. The van der Waals surface area contributed by atoms with Crippen LogP contribution in [0, 0.1) is 17.7 Å². The molecule has 29 heavy (non-hydrogen) atoms. The Morgan fingerprint density at radius 1 is 1.41 bits per heavy atom. The third kappa shape index (κ3) is 3.91. The van der Waals surface area contributed by atoms with Crippen LogP contribution < -0.4 is 5.32 Å². The fourth-order valence-corrected chi connectivity index (χ4v) is 5.35. The summed E-state index contributed by atoms with van der Waals surface area (Å²) < 4.78 is 20.3. The number of rotatable bonds is 5. The van der Waals surface area contributed by atoms with Crippen molar-refractivity contribution < 1.29 is 19.0 Å². The number of nitrogens with one attached hydrogen (secondary N) is 1. The number of halogens is 2. The van der Waals surface area contributed by atoms with Crippen LogP contribution in [0.4, 0.5) is 10.1 Å². The van der Waals surface area contributed by atoms with Gasteiger partial charge in [-0.3, -0.25) is 4.79 Å². The van der Waals surface area contributed by atoms with E-state index < -0.39 is 11.4 Å². The van der Waals surface area contributed by atoms with Gasteiger partial charge in [0.25, 0.3) is 5.91 Å². The highest BCUT2D eigenvalue weighted by molar-refractivity contribution is 6.31. The largest absolute Gasteiger partial charge is 0.387 e. The number of hydrogen-bond acceptors (Lipinski definition) is 4. The molecule has 8 heteroatoms. The van der Waals surface area contributed by atoms with E-state index in [0.717, 1.165) is 31.4 Å². The molecule has 1 aromatic carbocycles. The zero-order valence-corrected chi connectivity index (χ0v) is 17.2. The minimum Gasteiger partial charge on any atom is -0.387 e. The van der Waals surface area contributed by atoms with E-state index in [4.69, 9.17) is 16.3 Å². The molecule has 2 unspecified atom stereocenters. The third-order valence-electron chi connectivity index (χ3n) is 6.28. The molecule has 2 fully saturated rings. The van der Waals surface area contributed by atoms with E-state index in [1.807, 2.05) is 0 Å². The fourth-order valence-electron chi connectivity index (χ4n) is 5.17. The van der Waals surface area contributed by atoms with Crippen molar-refractivity contribution in [3.8, 4) is 0 Å². The zero-order chi connectivity index (χ0) is 20.8. The highest BCUT2D eigenvalue weighted by Gasteiger charge is 2.49. The van der Waals surface area contributed by atoms with E-state index in [1.165, 1.54) is 18.2 Å². The number of aryl methyl sites for hydroxylation is 1. The fraction of sp³-hybridized carbons (Fsp3) is 0.524. The first kappa shape index (κ1) is 20.3. The lowest BCUT2D eigenvalue weighted by atomic mass is 9.93. The molecule has 0 bridgehead atoms. The molecule has 156 valence electrons. The number of carbonyl (C=O) groups is 1. The van der Waals surface area contributed by atoms with E-state index in [9.17, 15) is 14.3 Å². The number of carbonyl (C=O) groups excluding carboxylic acids is 1. The van der Waals surface area contributed by atoms with Crippen LogP contribution in [0.5, 0.6) is 0 Å². The Labute approximate surface area is 174 Å². The number of aromatic nitrogens is 2. The summed E-state index contributed by atoms with van der Waals surface area (Å²) in [5.41, 5.74) is 0.980. The Morgan fingerprint density at radius 3 is 2.72 bits per heavy atom. The summed E-state index contributed by atoms with van der Waals surface area (Å²) in [6.45, 7) is 0.363. The van der Waals surface area contributed by atoms with Gasteiger partial charge in [0.1, 0.15) is 11.5 Å². The Balaban J connectivity index is 1.50. The molecule has 0 spiro atoms. The normalized spacial score (nSPS) is 28.5. The van der Waals surface area contributed by atoms with Gasteiger partial charge in [-0.2, -0.15) is 0 Å². The summed E-state index contributed by atoms with van der Waals surface area (Å²) in [7, 11) is 3.40. The van der Waals surface area contributed by atoms with Gasteiger partial charge in [0.2, 0.25) is 0 Å². The quantitative estimate of drug-likeness (QED) is 0.771. The first-order chi connectivity index (χ1) is 13.8. The maximum Gasteiger partial charge on any atom is 0.274 e. The summed E-state index contributed by atoms with van der Waals surface area (Å²) in [6.07, 6.45) is 4.90. The topological polar surface area (TPSA) is 76.4 Å². The molecule has 0 aliphatic heterocycles. The molecule has 2 atom stereocenters. The van der Waals surface area contributed by atoms with Crippen LogP contribution in [0.3, 0.4) is 0 Å². The van der Waals surface area contributed by atoms with Crippen molar-refractivity contribution in [1.82, 2.24) is 9.55 Å². The smallest absolute Gasteiger partial charge is 0.274 e. The van der Waals surface area contributed by atoms with Crippen molar-refractivity contribution in [2.24, 2.45) is 18.9 Å². The maximum atomic E-state index is 13.4. The van der Waals surface area contributed by atoms with Crippen LogP contribution in [0.2, 0.25) is 5.02 Å². The molecule has 1 heterocycles. The summed E-state index contributed by atoms with van der Waals surface area (Å²) in [4.78, 5) is 17.5. The van der Waals surface area contributed by atoms with Gasteiger partial charge in [0.05, 0.1) is 29.3 Å². The second-order valence-electron chi connectivity index (χ2n) is 8.43. The summed E-state index contributed by atoms with van der Waals surface area (Å²) in [5.74, 6) is 0.172. The number of anilines is 1. The number of benzene rings is 1. The average Bonchev–Trinajstić information content (AvgIpc) is 3.29. The first-order valence-electron chi connectivity index (χ1n) is 9.78. The van der Waals surface area contributed by atoms with Gasteiger partial charge in [0, 0.05) is 25.8 Å². The molecule has 0 radical (unpaired) electrons. The van der Waals surface area contributed by atoms with Crippen LogP contribution in [0.25, 0.3) is 0 Å². The highest BCUT2D eigenvalue weighted by Crippen LogP contribution is 2.54. The summed E-state index contributed by atoms with van der Waals surface area (Å²) in [5, 5.41) is 13.4. The first-order valence-corrected chi connectivity index (χ1v) is 10.2. The highest BCUT2D eigenvalue weighted by atomic mass is 35.5. The number of hydrogen-bond donors (Lipinski definition) is 2. The van der Waals surface area contributed by atoms with Crippen molar-refractivity contribution >= 4 is 23.2 Å². The third-order valence-corrected chi connectivity index (χ3v) is 6.57. The molecule has 4 rings (SSSR count). The lowest BCUT2D eigenvalue weighted by molar-refractivity contribution is -0.0316. The van der Waals surface area contributed by atoms with Gasteiger partial charge in [-0.05, 0) is 55.7 Å². The van der Waals surface area contributed by atoms with E-state index >= 15 is 0 Å². The molecule has 1 aromatic heterocycles. The number of ether oxygens (including phenoxy) is 1. The van der Waals surface area contributed by atoms with E-state index in [-0.39, 0.29) is 16.8 Å². The lowest BCUT2D eigenvalue weighted by Crippen LogP contribution is -2.31. The Morgan fingerprint density at radius 2 is 2.10 bits per heavy atom. The van der Waals surface area contributed by atoms with Crippen molar-refractivity contribution in [3.05, 3.63) is 46.8 Å². The molecular formula is C21H25ClFN3O3. The summed E-state index contributed by atoms with van der Waals surface area (Å²) in [6, 6.07) is 4.09. The van der Waals surface area contributed by atoms with Crippen LogP contribution in [-0.2, 0) is 11.8 Å². The Bertz CT molecular complexity index is 918. The number of nitrogens with zero attached hydrogens (tertiary/aromatic N) is 2. The van der Waals surface area contributed by atoms with Crippen LogP contribution in [-0.4, -0.2) is 39.9 Å². The molecule has 2 saturated carbocycles. The zero-order valence-electron chi connectivity index (χ0n) is 16.5. The maximum absolute atomic E-state index is 13.4. The van der Waals surface area contributed by atoms with Crippen molar-refractivity contribution in [3.63, 3.8) is 0 Å². The minimum absolute atomic E-state index is 0.0415. The van der Waals surface area contributed by atoms with Gasteiger partial charge >= 0.3 is 0 Å². The number of amides is 1. The van der Waals surface area contributed by atoms with E-state index in [2.05, 4.69) is 10.3 Å². The van der Waals surface area contributed by atoms with Crippen molar-refractivity contribution in [1.29, 1.82) is 0 Å². The standard InChI is InChI=1S/C21H25ClFN3O3/c1-26-11-24-18(12-5-13-8-21(28,10-29-2)9-14(13)6-12)19(26)20(27)25-15-3-4-17(23)16(22)7-15/h3-4,7,11-14,28H,5-6,8-10H2,1-2H3,(H,25,27). The van der Waals surface area contributed by atoms with Crippen LogP contribution in [0.1, 0.15) is 47.8 Å². The number of aliphatic hydroxyl groups is 1. The minimum atomic E-state index is -0.735. The molecule has 2 aliphatic rings. The molecule has 2 aromatic rings. The molecular weight excluding hydrogens is 397 g/mol. The average molecular weight is 422 g/mol. The molecule has 2 aliphatic carbocycles. The lowest BCUT2D eigenvalue weighted by Gasteiger charge is -2.23. The number of fused-ring (bicyclic) bond motifs is 1. The van der Waals surface area contributed by atoms with E-state index in [0.29, 0.717) is 29.8 Å². The van der Waals surface area contributed by atoms with Crippen LogP contribution in [0.15, 0.2) is 24.5 Å². The SMILES string of the molecule is COCC1(O)CC2CC(c3ncn(C)c3C(=O)Nc3ccc(F)c(Cl)c3)CC2C1. The van der Waals surface area contributed by atoms with Gasteiger partial charge in [-0.25, -0.2) is 9.37 Å². The van der Waals surface area contributed by atoms with E-state index in [1.54, 1.807) is 25.1 Å². The van der Waals surface area contributed by atoms with Gasteiger partial charge in [-0.1, -0.05) is 11.6 Å². The van der Waals surface area contributed by atoms with Crippen LogP contribution >= 0.6 is 11.6 Å². The molecule has 1 amide bonds. The van der Waals surface area contributed by atoms with Crippen molar-refractivity contribution in [2.75, 3.05) is 19.0 Å². The second-order valence-corrected chi connectivity index (χ2v) is 8.83. The monoisotopic (exact) mass is 421 g/mol. The molecule has 0 saturated heterocycles.